The lowest BCUT2D eigenvalue weighted by molar-refractivity contribution is 0.0509. The van der Waals surface area contributed by atoms with Crippen LogP contribution in [0.4, 0.5) is 10.5 Å². The Morgan fingerprint density at radius 2 is 1.85 bits per heavy atom. The first-order valence-corrected chi connectivity index (χ1v) is 10.2. The molecule has 146 valence electrons. The summed E-state index contributed by atoms with van der Waals surface area (Å²) in [5.41, 5.74) is 2.22. The molecule has 0 saturated carbocycles. The second-order valence-corrected chi connectivity index (χ2v) is 8.41. The van der Waals surface area contributed by atoms with Gasteiger partial charge in [-0.15, -0.1) is 0 Å². The summed E-state index contributed by atoms with van der Waals surface area (Å²) < 4.78 is 5.35. The molecule has 1 unspecified atom stereocenters. The molecule has 0 radical (unpaired) electrons. The van der Waals surface area contributed by atoms with Gasteiger partial charge in [-0.1, -0.05) is 44.7 Å². The van der Waals surface area contributed by atoms with Gasteiger partial charge in [0, 0.05) is 18.8 Å². The highest BCUT2D eigenvalue weighted by Gasteiger charge is 2.26. The number of aryl methyl sites for hydroxylation is 1. The quantitative estimate of drug-likeness (QED) is 0.639. The van der Waals surface area contributed by atoms with E-state index in [0.717, 1.165) is 19.5 Å². The summed E-state index contributed by atoms with van der Waals surface area (Å²) in [7, 11) is 0. The maximum atomic E-state index is 11.9. The van der Waals surface area contributed by atoms with E-state index in [-0.39, 0.29) is 12.1 Å². The van der Waals surface area contributed by atoms with E-state index in [0.29, 0.717) is 0 Å². The van der Waals surface area contributed by atoms with Crippen molar-refractivity contribution in [2.45, 2.75) is 84.3 Å². The van der Waals surface area contributed by atoms with Crippen molar-refractivity contribution in [2.75, 3.05) is 18.0 Å². The summed E-state index contributed by atoms with van der Waals surface area (Å²) in [6.07, 6.45) is 8.44. The van der Waals surface area contributed by atoms with Crippen LogP contribution in [0.1, 0.15) is 71.8 Å². The largest absolute Gasteiger partial charge is 0.444 e. The zero-order valence-electron chi connectivity index (χ0n) is 17.0. The molecule has 1 aliphatic rings. The van der Waals surface area contributed by atoms with Gasteiger partial charge >= 0.3 is 6.09 Å². The zero-order chi connectivity index (χ0) is 19.0. The lowest BCUT2D eigenvalue weighted by atomic mass is 10.1. The number of benzene rings is 1. The van der Waals surface area contributed by atoms with Crippen molar-refractivity contribution in [2.24, 2.45) is 0 Å². The van der Waals surface area contributed by atoms with Crippen molar-refractivity contribution >= 4 is 11.8 Å². The summed E-state index contributed by atoms with van der Waals surface area (Å²) in [6, 6.07) is 9.10. The van der Waals surface area contributed by atoms with Crippen LogP contribution in [0.15, 0.2) is 24.3 Å². The van der Waals surface area contributed by atoms with Crippen LogP contribution < -0.4 is 10.2 Å². The Kier molecular flexibility index (Phi) is 7.80. The van der Waals surface area contributed by atoms with Crippen LogP contribution >= 0.6 is 0 Å². The van der Waals surface area contributed by atoms with Crippen molar-refractivity contribution in [3.8, 4) is 0 Å². The summed E-state index contributed by atoms with van der Waals surface area (Å²) in [5, 5.41) is 2.99. The molecular weight excluding hydrogens is 324 g/mol. The molecule has 2 rings (SSSR count). The van der Waals surface area contributed by atoms with Gasteiger partial charge in [-0.25, -0.2) is 4.79 Å². The van der Waals surface area contributed by atoms with E-state index < -0.39 is 5.60 Å². The number of amides is 1. The smallest absolute Gasteiger partial charge is 0.407 e. The summed E-state index contributed by atoms with van der Waals surface area (Å²) >= 11 is 0. The first-order chi connectivity index (χ1) is 12.4. The lowest BCUT2D eigenvalue weighted by Crippen LogP contribution is -2.40. The Morgan fingerprint density at radius 3 is 2.50 bits per heavy atom. The first kappa shape index (κ1) is 20.6. The van der Waals surface area contributed by atoms with Gasteiger partial charge in [0.1, 0.15) is 5.60 Å². The topological polar surface area (TPSA) is 41.6 Å². The number of carbonyl (C=O) groups is 1. The number of hydrogen-bond acceptors (Lipinski definition) is 3. The van der Waals surface area contributed by atoms with E-state index in [2.05, 4.69) is 41.4 Å². The molecule has 0 bridgehead atoms. The number of rotatable bonds is 8. The van der Waals surface area contributed by atoms with E-state index in [1.54, 1.807) is 0 Å². The predicted molar refractivity (Wildman–Crippen MR) is 109 cm³/mol. The Labute approximate surface area is 159 Å². The van der Waals surface area contributed by atoms with E-state index in [9.17, 15) is 4.79 Å². The molecule has 0 aromatic heterocycles. The molecule has 1 aromatic rings. The zero-order valence-corrected chi connectivity index (χ0v) is 17.0. The third-order valence-electron chi connectivity index (χ3n) is 4.78. The van der Waals surface area contributed by atoms with E-state index in [4.69, 9.17) is 4.74 Å². The maximum Gasteiger partial charge on any atom is 0.407 e. The number of nitrogens with one attached hydrogen (secondary N) is 1. The molecule has 1 heterocycles. The van der Waals surface area contributed by atoms with Crippen LogP contribution in [0.3, 0.4) is 0 Å². The highest BCUT2D eigenvalue weighted by Crippen LogP contribution is 2.22. The second kappa shape index (κ2) is 9.84. The molecule has 1 N–H and O–H groups in total. The minimum atomic E-state index is -0.450. The average Bonchev–Trinajstić information content (AvgIpc) is 3.02. The third kappa shape index (κ3) is 7.27. The number of carbonyl (C=O) groups excluding carboxylic acids is 1. The van der Waals surface area contributed by atoms with Crippen molar-refractivity contribution in [3.05, 3.63) is 29.8 Å². The van der Waals surface area contributed by atoms with E-state index in [1.807, 2.05) is 20.8 Å². The predicted octanol–water partition coefficient (Wildman–Crippen LogP) is 5.30. The second-order valence-electron chi connectivity index (χ2n) is 8.41. The fraction of sp³-hybridized carbons (Fsp3) is 0.682. The molecule has 1 atom stereocenters. The fourth-order valence-corrected chi connectivity index (χ4v) is 3.39. The van der Waals surface area contributed by atoms with Crippen molar-refractivity contribution in [1.82, 2.24) is 5.32 Å². The van der Waals surface area contributed by atoms with Crippen molar-refractivity contribution in [1.29, 1.82) is 0 Å². The maximum absolute atomic E-state index is 11.9. The lowest BCUT2D eigenvalue weighted by Gasteiger charge is -2.22. The minimum absolute atomic E-state index is 0.156. The highest BCUT2D eigenvalue weighted by atomic mass is 16.6. The van der Waals surface area contributed by atoms with Gasteiger partial charge in [0.15, 0.2) is 0 Å². The molecule has 26 heavy (non-hydrogen) atoms. The number of anilines is 1. The van der Waals surface area contributed by atoms with Gasteiger partial charge in [0.05, 0.1) is 6.04 Å². The van der Waals surface area contributed by atoms with Gasteiger partial charge in [0.25, 0.3) is 0 Å². The monoisotopic (exact) mass is 360 g/mol. The molecule has 1 amide bonds. The van der Waals surface area contributed by atoms with Crippen molar-refractivity contribution < 1.29 is 9.53 Å². The van der Waals surface area contributed by atoms with Crippen LogP contribution in [0.2, 0.25) is 0 Å². The number of nitrogens with zero attached hydrogens (tertiary/aromatic N) is 1. The summed E-state index contributed by atoms with van der Waals surface area (Å²) in [4.78, 5) is 14.3. The molecule has 4 heteroatoms. The molecular formula is C22H36N2O2. The SMILES string of the molecule is CCCCCCCc1ccc(N2CCC(NC(=O)OC(C)(C)C)C2)cc1. The van der Waals surface area contributed by atoms with Gasteiger partial charge in [-0.3, -0.25) is 0 Å². The normalized spacial score (nSPS) is 17.4. The molecule has 1 fully saturated rings. The number of ether oxygens (including phenoxy) is 1. The summed E-state index contributed by atoms with van der Waals surface area (Å²) in [5.74, 6) is 0. The van der Waals surface area contributed by atoms with E-state index >= 15 is 0 Å². The average molecular weight is 361 g/mol. The van der Waals surface area contributed by atoms with Crippen LogP contribution in [0.5, 0.6) is 0 Å². The van der Waals surface area contributed by atoms with Crippen LogP contribution in [-0.4, -0.2) is 30.8 Å². The van der Waals surface area contributed by atoms with Crippen LogP contribution in [-0.2, 0) is 11.2 Å². The standard InChI is InChI=1S/C22H36N2O2/c1-5-6-7-8-9-10-18-11-13-20(14-12-18)24-16-15-19(17-24)23-21(25)26-22(2,3)4/h11-14,19H,5-10,15-17H2,1-4H3,(H,23,25). The minimum Gasteiger partial charge on any atom is -0.444 e. The Bertz CT molecular complexity index is 548. The van der Waals surface area contributed by atoms with E-state index in [1.165, 1.54) is 49.8 Å². The molecule has 4 nitrogen and oxygen atoms in total. The highest BCUT2D eigenvalue weighted by molar-refractivity contribution is 5.68. The molecule has 1 aliphatic heterocycles. The van der Waals surface area contributed by atoms with Gasteiger partial charge in [-0.2, -0.15) is 0 Å². The van der Waals surface area contributed by atoms with Crippen molar-refractivity contribution in [3.63, 3.8) is 0 Å². The van der Waals surface area contributed by atoms with Crippen LogP contribution in [0, 0.1) is 0 Å². The molecule has 1 aromatic carbocycles. The Hall–Kier alpha value is -1.71. The molecule has 0 spiro atoms. The first-order valence-electron chi connectivity index (χ1n) is 10.2. The van der Waals surface area contributed by atoms with Gasteiger partial charge in [-0.05, 0) is 57.7 Å². The number of unbranched alkanes of at least 4 members (excludes halogenated alkanes) is 4. The number of alkyl carbamates (subject to hydrolysis) is 1. The Balaban J connectivity index is 1.75. The third-order valence-corrected chi connectivity index (χ3v) is 4.78. The Morgan fingerprint density at radius 1 is 1.15 bits per heavy atom. The molecule has 0 aliphatic carbocycles. The van der Waals surface area contributed by atoms with Crippen LogP contribution in [0.25, 0.3) is 0 Å². The fourth-order valence-electron chi connectivity index (χ4n) is 3.39. The van der Waals surface area contributed by atoms with Gasteiger partial charge in [0.2, 0.25) is 0 Å². The van der Waals surface area contributed by atoms with Gasteiger partial charge < -0.3 is 15.0 Å². The number of hydrogen-bond donors (Lipinski definition) is 1. The summed E-state index contributed by atoms with van der Waals surface area (Å²) in [6.45, 7) is 9.73. The molecule has 1 saturated heterocycles.